The molecule has 136 valence electrons. The van der Waals surface area contributed by atoms with Crippen LogP contribution in [0.3, 0.4) is 0 Å². The van der Waals surface area contributed by atoms with E-state index in [1.165, 1.54) is 0 Å². The molecule has 4 aromatic rings. The second-order valence-electron chi connectivity index (χ2n) is 6.16. The quantitative estimate of drug-likeness (QED) is 0.387. The van der Waals surface area contributed by atoms with Gasteiger partial charge in [0.15, 0.2) is 0 Å². The Morgan fingerprint density at radius 1 is 0.714 bits per heavy atom. The molecule has 0 saturated heterocycles. The molecule has 2 N–H and O–H groups in total. The number of phenols is 1. The normalized spacial score (nSPS) is 10.9. The lowest BCUT2D eigenvalue weighted by molar-refractivity contribution is 0.475. The van der Waals surface area contributed by atoms with Gasteiger partial charge in [0.1, 0.15) is 5.75 Å². The third kappa shape index (κ3) is 4.22. The van der Waals surface area contributed by atoms with Gasteiger partial charge in [-0.1, -0.05) is 60.7 Å². The molecule has 0 atom stereocenters. The van der Waals surface area contributed by atoms with Crippen molar-refractivity contribution in [2.75, 3.05) is 5.43 Å². The van der Waals surface area contributed by atoms with Crippen LogP contribution in [0.4, 0.5) is 5.95 Å². The van der Waals surface area contributed by atoms with Crippen molar-refractivity contribution in [2.24, 2.45) is 5.10 Å². The van der Waals surface area contributed by atoms with Gasteiger partial charge >= 0.3 is 0 Å². The van der Waals surface area contributed by atoms with E-state index in [0.29, 0.717) is 5.95 Å². The highest BCUT2D eigenvalue weighted by Crippen LogP contribution is 2.25. The van der Waals surface area contributed by atoms with Crippen molar-refractivity contribution in [2.45, 2.75) is 0 Å². The molecular formula is C23H18N4O. The van der Waals surface area contributed by atoms with Crippen molar-refractivity contribution in [1.82, 2.24) is 9.97 Å². The third-order valence-electron chi connectivity index (χ3n) is 4.14. The lowest BCUT2D eigenvalue weighted by Crippen LogP contribution is -2.00. The molecule has 0 amide bonds. The maximum Gasteiger partial charge on any atom is 0.244 e. The molecule has 4 rings (SSSR count). The molecule has 0 aliphatic rings. The average molecular weight is 366 g/mol. The van der Waals surface area contributed by atoms with Crippen molar-refractivity contribution in [3.05, 3.63) is 96.6 Å². The van der Waals surface area contributed by atoms with E-state index in [-0.39, 0.29) is 5.75 Å². The number of benzene rings is 3. The fourth-order valence-electron chi connectivity index (χ4n) is 2.74. The van der Waals surface area contributed by atoms with Crippen LogP contribution in [0, 0.1) is 0 Å². The summed E-state index contributed by atoms with van der Waals surface area (Å²) in [5.41, 5.74) is 7.41. The van der Waals surface area contributed by atoms with Crippen LogP contribution in [0.1, 0.15) is 5.56 Å². The lowest BCUT2D eigenvalue weighted by atomic mass is 10.1. The SMILES string of the molecule is Oc1ccc(/C=N\Nc2nc(-c3ccccc3)cc(-c3ccccc3)n2)cc1. The fraction of sp³-hybridized carbons (Fsp3) is 0. The number of rotatable bonds is 5. The maximum absolute atomic E-state index is 9.36. The van der Waals surface area contributed by atoms with Gasteiger partial charge in [0.25, 0.3) is 0 Å². The van der Waals surface area contributed by atoms with E-state index in [1.807, 2.05) is 66.7 Å². The average Bonchev–Trinajstić information content (AvgIpc) is 2.76. The molecule has 0 radical (unpaired) electrons. The molecule has 0 unspecified atom stereocenters. The summed E-state index contributed by atoms with van der Waals surface area (Å²) >= 11 is 0. The first kappa shape index (κ1) is 17.4. The van der Waals surface area contributed by atoms with Gasteiger partial charge in [-0.15, -0.1) is 0 Å². The molecule has 0 spiro atoms. The van der Waals surface area contributed by atoms with Gasteiger partial charge in [0.2, 0.25) is 5.95 Å². The predicted octanol–water partition coefficient (Wildman–Crippen LogP) is 4.96. The number of hydrogen-bond acceptors (Lipinski definition) is 5. The van der Waals surface area contributed by atoms with E-state index in [1.54, 1.807) is 30.5 Å². The first-order valence-corrected chi connectivity index (χ1v) is 8.86. The first-order chi connectivity index (χ1) is 13.8. The summed E-state index contributed by atoms with van der Waals surface area (Å²) in [6.07, 6.45) is 1.65. The summed E-state index contributed by atoms with van der Waals surface area (Å²) in [7, 11) is 0. The minimum atomic E-state index is 0.219. The fourth-order valence-corrected chi connectivity index (χ4v) is 2.74. The van der Waals surface area contributed by atoms with Crippen LogP contribution in [-0.2, 0) is 0 Å². The van der Waals surface area contributed by atoms with Crippen molar-refractivity contribution in [3.63, 3.8) is 0 Å². The highest BCUT2D eigenvalue weighted by Gasteiger charge is 2.08. The first-order valence-electron chi connectivity index (χ1n) is 8.86. The largest absolute Gasteiger partial charge is 0.508 e. The Labute approximate surface area is 163 Å². The minimum absolute atomic E-state index is 0.219. The zero-order chi connectivity index (χ0) is 19.2. The van der Waals surface area contributed by atoms with Crippen LogP contribution in [0.5, 0.6) is 5.75 Å². The highest BCUT2D eigenvalue weighted by molar-refractivity contribution is 5.80. The number of nitrogens with zero attached hydrogens (tertiary/aromatic N) is 3. The molecule has 1 aromatic heterocycles. The third-order valence-corrected chi connectivity index (χ3v) is 4.14. The van der Waals surface area contributed by atoms with E-state index >= 15 is 0 Å². The Morgan fingerprint density at radius 2 is 1.25 bits per heavy atom. The zero-order valence-electron chi connectivity index (χ0n) is 15.0. The molecular weight excluding hydrogens is 348 g/mol. The number of anilines is 1. The number of phenolic OH excluding ortho intramolecular Hbond substituents is 1. The van der Waals surface area contributed by atoms with Gasteiger partial charge < -0.3 is 5.11 Å². The summed E-state index contributed by atoms with van der Waals surface area (Å²) in [4.78, 5) is 9.20. The lowest BCUT2D eigenvalue weighted by Gasteiger charge is -2.08. The Morgan fingerprint density at radius 3 is 1.79 bits per heavy atom. The van der Waals surface area contributed by atoms with E-state index in [9.17, 15) is 5.11 Å². The number of aromatic hydroxyl groups is 1. The number of hydrazone groups is 1. The monoisotopic (exact) mass is 366 g/mol. The summed E-state index contributed by atoms with van der Waals surface area (Å²) in [5.74, 6) is 0.631. The molecule has 28 heavy (non-hydrogen) atoms. The number of aromatic nitrogens is 2. The van der Waals surface area contributed by atoms with Gasteiger partial charge in [0, 0.05) is 11.1 Å². The van der Waals surface area contributed by atoms with Crippen LogP contribution in [0.15, 0.2) is 96.1 Å². The van der Waals surface area contributed by atoms with Crippen LogP contribution in [-0.4, -0.2) is 21.3 Å². The molecule has 5 heteroatoms. The second-order valence-corrected chi connectivity index (χ2v) is 6.16. The molecule has 0 bridgehead atoms. The number of hydrogen-bond donors (Lipinski definition) is 2. The maximum atomic E-state index is 9.36. The summed E-state index contributed by atoms with van der Waals surface area (Å²) in [5, 5.41) is 13.6. The van der Waals surface area contributed by atoms with Gasteiger partial charge in [-0.2, -0.15) is 5.10 Å². The van der Waals surface area contributed by atoms with Gasteiger partial charge in [-0.25, -0.2) is 15.4 Å². The van der Waals surface area contributed by atoms with Crippen LogP contribution >= 0.6 is 0 Å². The van der Waals surface area contributed by atoms with E-state index in [0.717, 1.165) is 28.1 Å². The molecule has 5 nitrogen and oxygen atoms in total. The Kier molecular flexibility index (Phi) is 5.06. The van der Waals surface area contributed by atoms with Crippen LogP contribution < -0.4 is 5.43 Å². The van der Waals surface area contributed by atoms with Gasteiger partial charge in [-0.3, -0.25) is 0 Å². The Balaban J connectivity index is 1.66. The summed E-state index contributed by atoms with van der Waals surface area (Å²) in [6.45, 7) is 0. The van der Waals surface area contributed by atoms with Crippen LogP contribution in [0.2, 0.25) is 0 Å². The van der Waals surface area contributed by atoms with Crippen molar-refractivity contribution < 1.29 is 5.11 Å². The molecule has 0 aliphatic heterocycles. The van der Waals surface area contributed by atoms with E-state index in [2.05, 4.69) is 20.5 Å². The Bertz CT molecular complexity index is 1020. The minimum Gasteiger partial charge on any atom is -0.508 e. The standard InChI is InChI=1S/C23H18N4O/c28-20-13-11-17(12-14-20)16-24-27-23-25-21(18-7-3-1-4-8-18)15-22(26-23)19-9-5-2-6-10-19/h1-16,28H,(H,25,26,27)/b24-16-. The van der Waals surface area contributed by atoms with Crippen LogP contribution in [0.25, 0.3) is 22.5 Å². The van der Waals surface area contributed by atoms with Gasteiger partial charge in [-0.05, 0) is 35.9 Å². The summed E-state index contributed by atoms with van der Waals surface area (Å²) < 4.78 is 0. The van der Waals surface area contributed by atoms with Gasteiger partial charge in [0.05, 0.1) is 17.6 Å². The molecule has 1 heterocycles. The van der Waals surface area contributed by atoms with E-state index < -0.39 is 0 Å². The van der Waals surface area contributed by atoms with Crippen molar-refractivity contribution in [3.8, 4) is 28.3 Å². The zero-order valence-corrected chi connectivity index (χ0v) is 15.0. The molecule has 0 aliphatic carbocycles. The molecule has 3 aromatic carbocycles. The predicted molar refractivity (Wildman–Crippen MR) is 112 cm³/mol. The second kappa shape index (κ2) is 8.14. The topological polar surface area (TPSA) is 70.4 Å². The van der Waals surface area contributed by atoms with E-state index in [4.69, 9.17) is 0 Å². The van der Waals surface area contributed by atoms with Crippen molar-refractivity contribution >= 4 is 12.2 Å². The summed E-state index contributed by atoms with van der Waals surface area (Å²) in [6, 6.07) is 28.7. The smallest absolute Gasteiger partial charge is 0.244 e. The number of nitrogens with one attached hydrogen (secondary N) is 1. The molecule has 0 saturated carbocycles. The molecule has 0 fully saturated rings. The van der Waals surface area contributed by atoms with Crippen molar-refractivity contribution in [1.29, 1.82) is 0 Å². The highest BCUT2D eigenvalue weighted by atomic mass is 16.3. The Hall–Kier alpha value is -3.99.